The SMILES string of the molecule is COCCN(CCN)C1CCOC2(CCCC2)C1. The normalized spacial score (nSPS) is 27.2. The van der Waals surface area contributed by atoms with Gasteiger partial charge in [-0.15, -0.1) is 0 Å². The molecule has 4 nitrogen and oxygen atoms in total. The highest BCUT2D eigenvalue weighted by atomic mass is 16.5. The van der Waals surface area contributed by atoms with Crippen LogP contribution in [-0.2, 0) is 9.47 Å². The second kappa shape index (κ2) is 6.85. The van der Waals surface area contributed by atoms with Gasteiger partial charge >= 0.3 is 0 Å². The average molecular weight is 256 g/mol. The molecule has 2 fully saturated rings. The number of nitrogens with zero attached hydrogens (tertiary/aromatic N) is 1. The Morgan fingerprint density at radius 3 is 2.78 bits per heavy atom. The zero-order valence-corrected chi connectivity index (χ0v) is 11.7. The number of nitrogens with two attached hydrogens (primary N) is 1. The molecule has 0 radical (unpaired) electrons. The van der Waals surface area contributed by atoms with Gasteiger partial charge in [-0.05, 0) is 25.7 Å². The summed E-state index contributed by atoms with van der Waals surface area (Å²) in [4.78, 5) is 2.51. The van der Waals surface area contributed by atoms with Crippen molar-refractivity contribution < 1.29 is 9.47 Å². The Morgan fingerprint density at radius 2 is 2.11 bits per heavy atom. The van der Waals surface area contributed by atoms with Crippen LogP contribution in [0.2, 0.25) is 0 Å². The predicted octanol–water partition coefficient (Wildman–Crippen LogP) is 1.39. The van der Waals surface area contributed by atoms with Gasteiger partial charge in [-0.2, -0.15) is 0 Å². The van der Waals surface area contributed by atoms with E-state index in [1.807, 2.05) is 0 Å². The molecule has 0 amide bonds. The molecular weight excluding hydrogens is 228 g/mol. The van der Waals surface area contributed by atoms with E-state index < -0.39 is 0 Å². The summed E-state index contributed by atoms with van der Waals surface area (Å²) in [6.07, 6.45) is 7.51. The molecule has 1 spiro atoms. The first-order chi connectivity index (χ1) is 8.79. The van der Waals surface area contributed by atoms with Crippen molar-refractivity contribution >= 4 is 0 Å². The largest absolute Gasteiger partial charge is 0.383 e. The fraction of sp³-hybridized carbons (Fsp3) is 1.00. The summed E-state index contributed by atoms with van der Waals surface area (Å²) in [5.74, 6) is 0. The zero-order valence-electron chi connectivity index (χ0n) is 11.7. The Kier molecular flexibility index (Phi) is 5.42. The van der Waals surface area contributed by atoms with E-state index in [1.54, 1.807) is 7.11 Å². The van der Waals surface area contributed by atoms with Crippen LogP contribution in [0.25, 0.3) is 0 Å². The molecule has 106 valence electrons. The van der Waals surface area contributed by atoms with Gasteiger partial charge in [0.25, 0.3) is 0 Å². The first-order valence-corrected chi connectivity index (χ1v) is 7.37. The van der Waals surface area contributed by atoms with E-state index in [1.165, 1.54) is 32.1 Å². The quantitative estimate of drug-likeness (QED) is 0.780. The van der Waals surface area contributed by atoms with Gasteiger partial charge in [0.1, 0.15) is 0 Å². The van der Waals surface area contributed by atoms with E-state index in [2.05, 4.69) is 4.90 Å². The first kappa shape index (κ1) is 14.3. The second-order valence-electron chi connectivity index (χ2n) is 5.70. The van der Waals surface area contributed by atoms with Crippen LogP contribution in [0.1, 0.15) is 38.5 Å². The minimum Gasteiger partial charge on any atom is -0.383 e. The third-order valence-corrected chi connectivity index (χ3v) is 4.50. The summed E-state index contributed by atoms with van der Waals surface area (Å²) in [5.41, 5.74) is 5.94. The Labute approximate surface area is 111 Å². The minimum absolute atomic E-state index is 0.197. The van der Waals surface area contributed by atoms with Crippen LogP contribution >= 0.6 is 0 Å². The van der Waals surface area contributed by atoms with Crippen LogP contribution in [0, 0.1) is 0 Å². The van der Waals surface area contributed by atoms with Crippen LogP contribution in [0.15, 0.2) is 0 Å². The van der Waals surface area contributed by atoms with Gasteiger partial charge in [-0.1, -0.05) is 12.8 Å². The van der Waals surface area contributed by atoms with Gasteiger partial charge < -0.3 is 15.2 Å². The van der Waals surface area contributed by atoms with Crippen LogP contribution in [0.3, 0.4) is 0 Å². The van der Waals surface area contributed by atoms with Crippen molar-refractivity contribution in [1.29, 1.82) is 0 Å². The standard InChI is InChI=1S/C14H28N2O2/c1-17-11-9-16(8-7-15)13-4-10-18-14(12-13)5-2-3-6-14/h13H,2-12,15H2,1H3. The summed E-state index contributed by atoms with van der Waals surface area (Å²) < 4.78 is 11.3. The lowest BCUT2D eigenvalue weighted by Gasteiger charge is -2.43. The summed E-state index contributed by atoms with van der Waals surface area (Å²) in [7, 11) is 1.77. The molecule has 1 saturated carbocycles. The Morgan fingerprint density at radius 1 is 1.33 bits per heavy atom. The first-order valence-electron chi connectivity index (χ1n) is 7.37. The monoisotopic (exact) mass is 256 g/mol. The van der Waals surface area contributed by atoms with Gasteiger partial charge in [0.05, 0.1) is 12.2 Å². The Bertz CT molecular complexity index is 242. The third-order valence-electron chi connectivity index (χ3n) is 4.50. The fourth-order valence-electron chi connectivity index (χ4n) is 3.53. The number of methoxy groups -OCH3 is 1. The maximum Gasteiger partial charge on any atom is 0.0697 e. The number of ether oxygens (including phenoxy) is 2. The van der Waals surface area contributed by atoms with E-state index >= 15 is 0 Å². The maximum absolute atomic E-state index is 6.10. The Hall–Kier alpha value is -0.160. The molecule has 1 aliphatic carbocycles. The lowest BCUT2D eigenvalue weighted by molar-refractivity contribution is -0.103. The predicted molar refractivity (Wildman–Crippen MR) is 72.7 cm³/mol. The highest BCUT2D eigenvalue weighted by Gasteiger charge is 2.41. The molecule has 0 aromatic rings. The molecule has 18 heavy (non-hydrogen) atoms. The summed E-state index contributed by atoms with van der Waals surface area (Å²) in [6, 6.07) is 0.635. The minimum atomic E-state index is 0.197. The summed E-state index contributed by atoms with van der Waals surface area (Å²) in [5, 5.41) is 0. The number of rotatable bonds is 6. The fourth-order valence-corrected chi connectivity index (χ4v) is 3.53. The van der Waals surface area contributed by atoms with Crippen LogP contribution in [-0.4, -0.2) is 56.5 Å². The lowest BCUT2D eigenvalue weighted by Crippen LogP contribution is -2.49. The number of hydrogen-bond acceptors (Lipinski definition) is 4. The van der Waals surface area contributed by atoms with E-state index in [0.717, 1.165) is 39.3 Å². The van der Waals surface area contributed by atoms with Gasteiger partial charge in [0.15, 0.2) is 0 Å². The molecule has 1 unspecified atom stereocenters. The summed E-state index contributed by atoms with van der Waals surface area (Å²) >= 11 is 0. The molecular formula is C14H28N2O2. The maximum atomic E-state index is 6.10. The van der Waals surface area contributed by atoms with Gasteiger partial charge in [0.2, 0.25) is 0 Å². The highest BCUT2D eigenvalue weighted by molar-refractivity contribution is 4.94. The van der Waals surface area contributed by atoms with Crippen molar-refractivity contribution in [3.63, 3.8) is 0 Å². The van der Waals surface area contributed by atoms with Crippen LogP contribution in [0.4, 0.5) is 0 Å². The molecule has 4 heteroatoms. The molecule has 0 aromatic heterocycles. The molecule has 0 aromatic carbocycles. The third kappa shape index (κ3) is 3.44. The topological polar surface area (TPSA) is 47.7 Å². The van der Waals surface area contributed by atoms with Crippen LogP contribution in [0.5, 0.6) is 0 Å². The van der Waals surface area contributed by atoms with Gasteiger partial charge in [0, 0.05) is 39.4 Å². The van der Waals surface area contributed by atoms with Crippen molar-refractivity contribution in [2.24, 2.45) is 5.73 Å². The molecule has 2 rings (SSSR count). The number of hydrogen-bond donors (Lipinski definition) is 1. The second-order valence-corrected chi connectivity index (χ2v) is 5.70. The van der Waals surface area contributed by atoms with Gasteiger partial charge in [-0.25, -0.2) is 0 Å². The molecule has 2 aliphatic rings. The van der Waals surface area contributed by atoms with Crippen molar-refractivity contribution in [1.82, 2.24) is 4.90 Å². The van der Waals surface area contributed by atoms with Crippen molar-refractivity contribution in [2.75, 3.05) is 40.0 Å². The highest BCUT2D eigenvalue weighted by Crippen LogP contribution is 2.41. The molecule has 0 bridgehead atoms. The molecule has 1 aliphatic heterocycles. The van der Waals surface area contributed by atoms with Crippen molar-refractivity contribution in [2.45, 2.75) is 50.2 Å². The summed E-state index contributed by atoms with van der Waals surface area (Å²) in [6.45, 7) is 4.41. The van der Waals surface area contributed by atoms with E-state index in [9.17, 15) is 0 Å². The van der Waals surface area contributed by atoms with E-state index in [4.69, 9.17) is 15.2 Å². The average Bonchev–Trinajstić information content (AvgIpc) is 2.82. The van der Waals surface area contributed by atoms with E-state index in [0.29, 0.717) is 6.04 Å². The smallest absolute Gasteiger partial charge is 0.0697 e. The molecule has 2 N–H and O–H groups in total. The lowest BCUT2D eigenvalue weighted by atomic mass is 9.88. The van der Waals surface area contributed by atoms with Crippen LogP contribution < -0.4 is 5.73 Å². The zero-order chi connectivity index (χ0) is 12.8. The molecule has 1 heterocycles. The molecule has 1 atom stereocenters. The van der Waals surface area contributed by atoms with Crippen molar-refractivity contribution in [3.05, 3.63) is 0 Å². The van der Waals surface area contributed by atoms with E-state index in [-0.39, 0.29) is 5.60 Å². The van der Waals surface area contributed by atoms with Gasteiger partial charge in [-0.3, -0.25) is 4.90 Å². The van der Waals surface area contributed by atoms with Crippen molar-refractivity contribution in [3.8, 4) is 0 Å². The molecule has 1 saturated heterocycles. The Balaban J connectivity index is 1.91.